The summed E-state index contributed by atoms with van der Waals surface area (Å²) in [7, 11) is 0. The molecule has 0 aliphatic carbocycles. The minimum Gasteiger partial charge on any atom is -0.354 e. The number of nitrogens with zero attached hydrogens (tertiary/aromatic N) is 2. The number of hydrogen-bond donors (Lipinski definition) is 0. The lowest BCUT2D eigenvalue weighted by molar-refractivity contribution is 0.532. The molecule has 0 aromatic heterocycles. The molecule has 2 nitrogen and oxygen atoms in total. The lowest BCUT2D eigenvalue weighted by Gasteiger charge is -2.15. The number of fused-ring (bicyclic) bond motifs is 1. The standard InChI is InChI=1S/C17H16N2/c1-2-19-11-9-14(10-12-19)7-8-15-13-18-17-6-4-3-5-16(15)17/h3-13H,2H2,1H3/b15-8+. The molecule has 3 rings (SSSR count). The summed E-state index contributed by atoms with van der Waals surface area (Å²) in [6, 6.07) is 8.22. The molecule has 0 fully saturated rings. The van der Waals surface area contributed by atoms with E-state index in [1.165, 1.54) is 16.7 Å². The molecule has 2 aliphatic heterocycles. The van der Waals surface area contributed by atoms with Gasteiger partial charge in [0, 0.05) is 36.3 Å². The van der Waals surface area contributed by atoms with Crippen LogP contribution in [-0.4, -0.2) is 17.7 Å². The molecule has 0 amide bonds. The van der Waals surface area contributed by atoms with E-state index >= 15 is 0 Å². The van der Waals surface area contributed by atoms with Gasteiger partial charge in [-0.3, -0.25) is 4.99 Å². The van der Waals surface area contributed by atoms with Crippen LogP contribution in [0.15, 0.2) is 71.5 Å². The Morgan fingerprint density at radius 1 is 1.11 bits per heavy atom. The van der Waals surface area contributed by atoms with Crippen LogP contribution < -0.4 is 0 Å². The molecule has 0 radical (unpaired) electrons. The summed E-state index contributed by atoms with van der Waals surface area (Å²) in [5.74, 6) is 0. The molecule has 1 aromatic carbocycles. The predicted octanol–water partition coefficient (Wildman–Crippen LogP) is 4.08. The normalized spacial score (nSPS) is 18.3. The summed E-state index contributed by atoms with van der Waals surface area (Å²) in [4.78, 5) is 6.55. The maximum atomic E-state index is 4.40. The number of rotatable bonds is 2. The van der Waals surface area contributed by atoms with Gasteiger partial charge >= 0.3 is 0 Å². The topological polar surface area (TPSA) is 15.6 Å². The zero-order valence-corrected chi connectivity index (χ0v) is 11.0. The Morgan fingerprint density at radius 2 is 1.89 bits per heavy atom. The molecule has 0 atom stereocenters. The summed E-state index contributed by atoms with van der Waals surface area (Å²) < 4.78 is 0. The van der Waals surface area contributed by atoms with Crippen molar-refractivity contribution in [2.75, 3.05) is 6.54 Å². The summed E-state index contributed by atoms with van der Waals surface area (Å²) in [5, 5.41) is 0. The highest BCUT2D eigenvalue weighted by Gasteiger charge is 2.09. The molecular weight excluding hydrogens is 232 g/mol. The molecule has 94 valence electrons. The molecule has 2 heteroatoms. The van der Waals surface area contributed by atoms with Crippen LogP contribution in [0.4, 0.5) is 5.69 Å². The minimum atomic E-state index is 1.00. The molecule has 2 heterocycles. The average Bonchev–Trinajstić information content (AvgIpc) is 2.89. The van der Waals surface area contributed by atoms with Crippen LogP contribution in [0.2, 0.25) is 0 Å². The molecule has 0 bridgehead atoms. The van der Waals surface area contributed by atoms with E-state index in [1.54, 1.807) is 0 Å². The van der Waals surface area contributed by atoms with Crippen LogP contribution in [0, 0.1) is 0 Å². The summed E-state index contributed by atoms with van der Waals surface area (Å²) >= 11 is 0. The van der Waals surface area contributed by atoms with Gasteiger partial charge in [-0.1, -0.05) is 30.4 Å². The Bertz CT molecular complexity index is 614. The average molecular weight is 248 g/mol. The third-order valence-electron chi connectivity index (χ3n) is 3.30. The lowest BCUT2D eigenvalue weighted by atomic mass is 10.1. The summed E-state index contributed by atoms with van der Waals surface area (Å²) in [6.07, 6.45) is 14.6. The van der Waals surface area contributed by atoms with Gasteiger partial charge in [-0.15, -0.1) is 0 Å². The second-order valence-corrected chi connectivity index (χ2v) is 4.53. The second kappa shape index (κ2) is 5.11. The zero-order chi connectivity index (χ0) is 13.1. The van der Waals surface area contributed by atoms with Crippen LogP contribution in [0.5, 0.6) is 0 Å². The van der Waals surface area contributed by atoms with Crippen molar-refractivity contribution in [2.45, 2.75) is 6.92 Å². The van der Waals surface area contributed by atoms with Crippen LogP contribution >= 0.6 is 0 Å². The van der Waals surface area contributed by atoms with Gasteiger partial charge in [-0.2, -0.15) is 0 Å². The van der Waals surface area contributed by atoms with E-state index in [-0.39, 0.29) is 0 Å². The Hall–Kier alpha value is -2.35. The van der Waals surface area contributed by atoms with Crippen molar-refractivity contribution in [1.29, 1.82) is 0 Å². The number of aliphatic imine (C=N–C) groups is 1. The van der Waals surface area contributed by atoms with Gasteiger partial charge in [0.1, 0.15) is 0 Å². The minimum absolute atomic E-state index is 1.00. The monoisotopic (exact) mass is 248 g/mol. The molecule has 0 unspecified atom stereocenters. The Kier molecular flexibility index (Phi) is 3.15. The fourth-order valence-corrected chi connectivity index (χ4v) is 2.15. The van der Waals surface area contributed by atoms with Crippen molar-refractivity contribution >= 4 is 17.5 Å². The van der Waals surface area contributed by atoms with Gasteiger partial charge in [-0.25, -0.2) is 0 Å². The third-order valence-corrected chi connectivity index (χ3v) is 3.30. The van der Waals surface area contributed by atoms with Crippen LogP contribution in [-0.2, 0) is 0 Å². The molecule has 0 saturated heterocycles. The number of hydrogen-bond acceptors (Lipinski definition) is 2. The van der Waals surface area contributed by atoms with Crippen molar-refractivity contribution in [1.82, 2.24) is 4.90 Å². The Balaban J connectivity index is 1.82. The van der Waals surface area contributed by atoms with E-state index in [9.17, 15) is 0 Å². The fourth-order valence-electron chi connectivity index (χ4n) is 2.15. The molecular formula is C17H16N2. The van der Waals surface area contributed by atoms with Crippen LogP contribution in [0.25, 0.3) is 5.57 Å². The molecule has 19 heavy (non-hydrogen) atoms. The highest BCUT2D eigenvalue weighted by Crippen LogP contribution is 2.30. The third kappa shape index (κ3) is 2.43. The first-order valence-electron chi connectivity index (χ1n) is 6.54. The van der Waals surface area contributed by atoms with Crippen molar-refractivity contribution in [3.63, 3.8) is 0 Å². The van der Waals surface area contributed by atoms with E-state index in [4.69, 9.17) is 0 Å². The van der Waals surface area contributed by atoms with E-state index in [2.05, 4.69) is 59.6 Å². The smallest absolute Gasteiger partial charge is 0.0708 e. The van der Waals surface area contributed by atoms with Crippen molar-refractivity contribution in [2.24, 2.45) is 4.99 Å². The second-order valence-electron chi connectivity index (χ2n) is 4.53. The maximum Gasteiger partial charge on any atom is 0.0708 e. The van der Waals surface area contributed by atoms with Crippen LogP contribution in [0.3, 0.4) is 0 Å². The largest absolute Gasteiger partial charge is 0.354 e. The Labute approximate surface area is 113 Å². The van der Waals surface area contributed by atoms with Gasteiger partial charge in [0.25, 0.3) is 0 Å². The molecule has 2 aliphatic rings. The first-order valence-corrected chi connectivity index (χ1v) is 6.54. The summed E-state index contributed by atoms with van der Waals surface area (Å²) in [5.41, 5.74) is 4.63. The zero-order valence-electron chi connectivity index (χ0n) is 11.0. The van der Waals surface area contributed by atoms with Gasteiger partial charge in [-0.05, 0) is 30.7 Å². The van der Waals surface area contributed by atoms with E-state index in [1.807, 2.05) is 24.4 Å². The van der Waals surface area contributed by atoms with Crippen molar-refractivity contribution < 1.29 is 0 Å². The van der Waals surface area contributed by atoms with Gasteiger partial charge in [0.15, 0.2) is 0 Å². The maximum absolute atomic E-state index is 4.40. The van der Waals surface area contributed by atoms with Crippen molar-refractivity contribution in [3.8, 4) is 0 Å². The number of benzene rings is 1. The molecule has 1 aromatic rings. The van der Waals surface area contributed by atoms with E-state index < -0.39 is 0 Å². The van der Waals surface area contributed by atoms with E-state index in [0.29, 0.717) is 0 Å². The highest BCUT2D eigenvalue weighted by atomic mass is 15.1. The van der Waals surface area contributed by atoms with Gasteiger partial charge in [0.2, 0.25) is 0 Å². The molecule has 0 spiro atoms. The van der Waals surface area contributed by atoms with Gasteiger partial charge in [0.05, 0.1) is 5.69 Å². The number of allylic oxidation sites excluding steroid dienone is 6. The quantitative estimate of drug-likeness (QED) is 0.770. The molecule has 0 saturated carbocycles. The SMILES string of the molecule is CCN1C=CC(=C/C=C2\C=Nc3ccccc32)C=C1. The van der Waals surface area contributed by atoms with Gasteiger partial charge < -0.3 is 4.90 Å². The van der Waals surface area contributed by atoms with E-state index in [0.717, 1.165) is 12.2 Å². The highest BCUT2D eigenvalue weighted by molar-refractivity contribution is 6.16. The first kappa shape index (κ1) is 11.7. The van der Waals surface area contributed by atoms with Crippen molar-refractivity contribution in [3.05, 3.63) is 72.1 Å². The lowest BCUT2D eigenvalue weighted by Crippen LogP contribution is -2.09. The number of para-hydroxylation sites is 1. The first-order chi connectivity index (χ1) is 9.36. The fraction of sp³-hybridized carbons (Fsp3) is 0.118. The molecule has 0 N–H and O–H groups in total. The predicted molar refractivity (Wildman–Crippen MR) is 81.3 cm³/mol. The Morgan fingerprint density at radius 3 is 2.68 bits per heavy atom. The summed E-state index contributed by atoms with van der Waals surface area (Å²) in [6.45, 7) is 3.14. The van der Waals surface area contributed by atoms with Crippen LogP contribution in [0.1, 0.15) is 12.5 Å².